The Morgan fingerprint density at radius 3 is 2.80 bits per heavy atom. The van der Waals surface area contributed by atoms with E-state index in [4.69, 9.17) is 4.74 Å². The minimum absolute atomic E-state index is 0.272. The zero-order valence-electron chi connectivity index (χ0n) is 9.46. The van der Waals surface area contributed by atoms with Gasteiger partial charge in [-0.1, -0.05) is 19.1 Å². The number of aryl methyl sites for hydroxylation is 1. The molecule has 1 rings (SSSR count). The number of nitrogens with one attached hydrogen (secondary N) is 1. The first-order valence-electron chi connectivity index (χ1n) is 5.08. The van der Waals surface area contributed by atoms with Crippen LogP contribution in [0.25, 0.3) is 0 Å². The average molecular weight is 207 g/mol. The standard InChI is InChI=1S/C12H17NO2/c1-4-13-8-11-9(2)6-5-7-10(11)12(14)15-3/h5-7,13H,4,8H2,1-3H3. The molecule has 82 valence electrons. The molecule has 0 bridgehead atoms. The van der Waals surface area contributed by atoms with Gasteiger partial charge in [-0.15, -0.1) is 0 Å². The molecule has 0 saturated heterocycles. The molecule has 0 unspecified atom stereocenters. The van der Waals surface area contributed by atoms with Crippen LogP contribution in [-0.4, -0.2) is 19.6 Å². The predicted octanol–water partition coefficient (Wildman–Crippen LogP) is 1.89. The second kappa shape index (κ2) is 5.51. The Hall–Kier alpha value is -1.35. The second-order valence-electron chi connectivity index (χ2n) is 3.37. The molecule has 1 N–H and O–H groups in total. The third-order valence-corrected chi connectivity index (χ3v) is 2.37. The summed E-state index contributed by atoms with van der Waals surface area (Å²) in [5, 5.41) is 3.22. The lowest BCUT2D eigenvalue weighted by molar-refractivity contribution is 0.0599. The topological polar surface area (TPSA) is 38.3 Å². The Kier molecular flexibility index (Phi) is 4.31. The summed E-state index contributed by atoms with van der Waals surface area (Å²) in [6.07, 6.45) is 0. The summed E-state index contributed by atoms with van der Waals surface area (Å²) in [6.45, 7) is 5.62. The van der Waals surface area contributed by atoms with E-state index in [2.05, 4.69) is 5.32 Å². The van der Waals surface area contributed by atoms with Gasteiger partial charge in [-0.2, -0.15) is 0 Å². The van der Waals surface area contributed by atoms with Crippen molar-refractivity contribution in [1.82, 2.24) is 5.32 Å². The highest BCUT2D eigenvalue weighted by Crippen LogP contribution is 2.14. The van der Waals surface area contributed by atoms with E-state index in [0.29, 0.717) is 12.1 Å². The summed E-state index contributed by atoms with van der Waals surface area (Å²) >= 11 is 0. The fourth-order valence-corrected chi connectivity index (χ4v) is 1.49. The molecule has 0 saturated carbocycles. The molecule has 1 aromatic rings. The van der Waals surface area contributed by atoms with E-state index >= 15 is 0 Å². The van der Waals surface area contributed by atoms with E-state index in [0.717, 1.165) is 17.7 Å². The molecule has 0 amide bonds. The summed E-state index contributed by atoms with van der Waals surface area (Å²) < 4.78 is 4.75. The maximum atomic E-state index is 11.5. The van der Waals surface area contributed by atoms with Crippen LogP contribution in [0.1, 0.15) is 28.4 Å². The number of esters is 1. The smallest absolute Gasteiger partial charge is 0.338 e. The first-order valence-corrected chi connectivity index (χ1v) is 5.08. The number of benzene rings is 1. The number of carbonyl (C=O) groups excluding carboxylic acids is 1. The molecular weight excluding hydrogens is 190 g/mol. The number of ether oxygens (including phenoxy) is 1. The number of carbonyl (C=O) groups is 1. The van der Waals surface area contributed by atoms with Crippen molar-refractivity contribution in [3.8, 4) is 0 Å². The summed E-state index contributed by atoms with van der Waals surface area (Å²) in [5.41, 5.74) is 2.78. The van der Waals surface area contributed by atoms with Crippen LogP contribution in [0.15, 0.2) is 18.2 Å². The van der Waals surface area contributed by atoms with E-state index in [-0.39, 0.29) is 5.97 Å². The first-order chi connectivity index (χ1) is 7.20. The molecule has 0 atom stereocenters. The quantitative estimate of drug-likeness (QED) is 0.766. The Morgan fingerprint density at radius 2 is 2.20 bits per heavy atom. The van der Waals surface area contributed by atoms with Crippen molar-refractivity contribution in [2.75, 3.05) is 13.7 Å². The van der Waals surface area contributed by atoms with Crippen LogP contribution in [-0.2, 0) is 11.3 Å². The molecule has 15 heavy (non-hydrogen) atoms. The molecule has 1 aromatic carbocycles. The van der Waals surface area contributed by atoms with Gasteiger partial charge in [0.25, 0.3) is 0 Å². The molecule has 3 heteroatoms. The van der Waals surface area contributed by atoms with Gasteiger partial charge in [0.15, 0.2) is 0 Å². The van der Waals surface area contributed by atoms with E-state index in [9.17, 15) is 4.79 Å². The van der Waals surface area contributed by atoms with Gasteiger partial charge in [-0.3, -0.25) is 0 Å². The van der Waals surface area contributed by atoms with Gasteiger partial charge in [-0.25, -0.2) is 4.79 Å². The van der Waals surface area contributed by atoms with Gasteiger partial charge in [0.05, 0.1) is 12.7 Å². The normalized spacial score (nSPS) is 10.1. The summed E-state index contributed by atoms with van der Waals surface area (Å²) in [5.74, 6) is -0.272. The lowest BCUT2D eigenvalue weighted by Gasteiger charge is -2.11. The Labute approximate surface area is 90.4 Å². The van der Waals surface area contributed by atoms with E-state index in [1.165, 1.54) is 7.11 Å². The molecular formula is C12H17NO2. The molecule has 3 nitrogen and oxygen atoms in total. The van der Waals surface area contributed by atoms with Crippen molar-refractivity contribution in [1.29, 1.82) is 0 Å². The first kappa shape index (κ1) is 11.7. The lowest BCUT2D eigenvalue weighted by atomic mass is 10.0. The summed E-state index contributed by atoms with van der Waals surface area (Å²) in [6, 6.07) is 5.67. The average Bonchev–Trinajstić information content (AvgIpc) is 2.26. The number of hydrogen-bond donors (Lipinski definition) is 1. The largest absolute Gasteiger partial charge is 0.465 e. The fraction of sp³-hybridized carbons (Fsp3) is 0.417. The van der Waals surface area contributed by atoms with Crippen molar-refractivity contribution >= 4 is 5.97 Å². The minimum atomic E-state index is -0.272. The van der Waals surface area contributed by atoms with Crippen molar-refractivity contribution in [3.05, 3.63) is 34.9 Å². The van der Waals surface area contributed by atoms with Gasteiger partial charge < -0.3 is 10.1 Å². The predicted molar refractivity (Wildman–Crippen MR) is 59.9 cm³/mol. The highest BCUT2D eigenvalue weighted by atomic mass is 16.5. The summed E-state index contributed by atoms with van der Waals surface area (Å²) in [4.78, 5) is 11.5. The van der Waals surface area contributed by atoms with Crippen molar-refractivity contribution in [2.24, 2.45) is 0 Å². The van der Waals surface area contributed by atoms with E-state index in [1.807, 2.05) is 26.0 Å². The lowest BCUT2D eigenvalue weighted by Crippen LogP contribution is -2.16. The molecule has 0 aliphatic rings. The Bertz CT molecular complexity index is 347. The molecule has 0 aromatic heterocycles. The summed E-state index contributed by atoms with van der Waals surface area (Å²) in [7, 11) is 1.40. The van der Waals surface area contributed by atoms with Crippen LogP contribution >= 0.6 is 0 Å². The van der Waals surface area contributed by atoms with Crippen LogP contribution in [0.2, 0.25) is 0 Å². The van der Waals surface area contributed by atoms with Gasteiger partial charge in [0, 0.05) is 6.54 Å². The zero-order chi connectivity index (χ0) is 11.3. The van der Waals surface area contributed by atoms with E-state index < -0.39 is 0 Å². The maximum Gasteiger partial charge on any atom is 0.338 e. The van der Waals surface area contributed by atoms with Gasteiger partial charge in [0.1, 0.15) is 0 Å². The maximum absolute atomic E-state index is 11.5. The molecule has 0 aliphatic heterocycles. The van der Waals surface area contributed by atoms with Crippen LogP contribution in [0.3, 0.4) is 0 Å². The van der Waals surface area contributed by atoms with Crippen LogP contribution in [0, 0.1) is 6.92 Å². The highest BCUT2D eigenvalue weighted by Gasteiger charge is 2.12. The SMILES string of the molecule is CCNCc1c(C)cccc1C(=O)OC. The minimum Gasteiger partial charge on any atom is -0.465 e. The fourth-order valence-electron chi connectivity index (χ4n) is 1.49. The van der Waals surface area contributed by atoms with Gasteiger partial charge >= 0.3 is 5.97 Å². The number of methoxy groups -OCH3 is 1. The van der Waals surface area contributed by atoms with Crippen molar-refractivity contribution in [3.63, 3.8) is 0 Å². The van der Waals surface area contributed by atoms with Crippen molar-refractivity contribution in [2.45, 2.75) is 20.4 Å². The van der Waals surface area contributed by atoms with Crippen molar-refractivity contribution < 1.29 is 9.53 Å². The van der Waals surface area contributed by atoms with E-state index in [1.54, 1.807) is 6.07 Å². The van der Waals surface area contributed by atoms with Crippen LogP contribution < -0.4 is 5.32 Å². The molecule has 0 aliphatic carbocycles. The van der Waals surface area contributed by atoms with Crippen LogP contribution in [0.5, 0.6) is 0 Å². The van der Waals surface area contributed by atoms with Crippen LogP contribution in [0.4, 0.5) is 0 Å². The third-order valence-electron chi connectivity index (χ3n) is 2.37. The Morgan fingerprint density at radius 1 is 1.47 bits per heavy atom. The monoisotopic (exact) mass is 207 g/mol. The van der Waals surface area contributed by atoms with Gasteiger partial charge in [-0.05, 0) is 30.7 Å². The molecule has 0 fully saturated rings. The zero-order valence-corrected chi connectivity index (χ0v) is 9.46. The third kappa shape index (κ3) is 2.80. The highest BCUT2D eigenvalue weighted by molar-refractivity contribution is 5.91. The number of rotatable bonds is 4. The van der Waals surface area contributed by atoms with Gasteiger partial charge in [0.2, 0.25) is 0 Å². The molecule has 0 heterocycles. The molecule has 0 spiro atoms. The molecule has 0 radical (unpaired) electrons. The number of hydrogen-bond acceptors (Lipinski definition) is 3. The Balaban J connectivity index is 3.03. The second-order valence-corrected chi connectivity index (χ2v) is 3.37.